The Bertz CT molecular complexity index is 257. The van der Waals surface area contributed by atoms with Gasteiger partial charge in [0.2, 0.25) is 0 Å². The molecule has 1 atom stereocenters. The summed E-state index contributed by atoms with van der Waals surface area (Å²) >= 11 is 0. The van der Waals surface area contributed by atoms with Crippen LogP contribution in [-0.4, -0.2) is 24.7 Å². The molecule has 0 aromatic heterocycles. The van der Waals surface area contributed by atoms with Gasteiger partial charge in [0, 0.05) is 6.04 Å². The van der Waals surface area contributed by atoms with Gasteiger partial charge in [0.25, 0.3) is 0 Å². The lowest BCUT2D eigenvalue weighted by atomic mass is 9.74. The largest absolute Gasteiger partial charge is 0.468 e. The summed E-state index contributed by atoms with van der Waals surface area (Å²) in [5.74, 6) is 0.726. The van der Waals surface area contributed by atoms with Crippen LogP contribution >= 0.6 is 0 Å². The van der Waals surface area contributed by atoms with Gasteiger partial charge in [0.1, 0.15) is 5.54 Å². The van der Waals surface area contributed by atoms with Gasteiger partial charge < -0.3 is 4.74 Å². The zero-order valence-corrected chi connectivity index (χ0v) is 12.4. The van der Waals surface area contributed by atoms with Gasteiger partial charge in [-0.05, 0) is 44.9 Å². The second-order valence-electron chi connectivity index (χ2n) is 5.76. The topological polar surface area (TPSA) is 38.3 Å². The maximum atomic E-state index is 12.1. The van der Waals surface area contributed by atoms with Crippen LogP contribution in [0, 0.1) is 5.92 Å². The number of ether oxygens (including phenoxy) is 1. The molecule has 0 bridgehead atoms. The highest BCUT2D eigenvalue weighted by atomic mass is 16.5. The molecule has 106 valence electrons. The lowest BCUT2D eigenvalue weighted by molar-refractivity contribution is -0.151. The molecule has 0 amide bonds. The van der Waals surface area contributed by atoms with E-state index in [1.165, 1.54) is 20.0 Å². The van der Waals surface area contributed by atoms with Crippen molar-refractivity contribution in [2.24, 2.45) is 5.92 Å². The van der Waals surface area contributed by atoms with Crippen LogP contribution in [0.2, 0.25) is 0 Å². The summed E-state index contributed by atoms with van der Waals surface area (Å²) in [7, 11) is 1.50. The third kappa shape index (κ3) is 3.71. The van der Waals surface area contributed by atoms with Crippen LogP contribution in [0.4, 0.5) is 0 Å². The van der Waals surface area contributed by atoms with Crippen LogP contribution in [0.15, 0.2) is 0 Å². The van der Waals surface area contributed by atoms with Crippen molar-refractivity contribution in [2.45, 2.75) is 77.3 Å². The normalized spacial score (nSPS) is 29.9. The number of hydrogen-bond donors (Lipinski definition) is 1. The van der Waals surface area contributed by atoms with E-state index in [1.54, 1.807) is 0 Å². The number of nitrogens with one attached hydrogen (secondary N) is 1. The minimum absolute atomic E-state index is 0.0715. The SMILES string of the molecule is CCCC1CCC(NC(C)CC)(C(=O)OC)CC1. The molecule has 1 fully saturated rings. The number of carbonyl (C=O) groups is 1. The smallest absolute Gasteiger partial charge is 0.326 e. The predicted molar refractivity (Wildman–Crippen MR) is 74.5 cm³/mol. The molecule has 0 heterocycles. The molecule has 3 nitrogen and oxygen atoms in total. The molecular weight excluding hydrogens is 226 g/mol. The lowest BCUT2D eigenvalue weighted by Crippen LogP contribution is -2.57. The minimum atomic E-state index is -0.422. The number of rotatable bonds is 6. The van der Waals surface area contributed by atoms with E-state index in [4.69, 9.17) is 4.74 Å². The molecule has 3 heteroatoms. The van der Waals surface area contributed by atoms with Crippen molar-refractivity contribution in [3.8, 4) is 0 Å². The van der Waals surface area contributed by atoms with Gasteiger partial charge in [0.05, 0.1) is 7.11 Å². The minimum Gasteiger partial charge on any atom is -0.468 e. The highest BCUT2D eigenvalue weighted by molar-refractivity contribution is 5.81. The predicted octanol–water partition coefficient (Wildman–Crippen LogP) is 3.28. The van der Waals surface area contributed by atoms with Crippen molar-refractivity contribution in [2.75, 3.05) is 7.11 Å². The van der Waals surface area contributed by atoms with Gasteiger partial charge in [-0.1, -0.05) is 26.7 Å². The Morgan fingerprint density at radius 3 is 2.44 bits per heavy atom. The van der Waals surface area contributed by atoms with Crippen LogP contribution in [0.5, 0.6) is 0 Å². The van der Waals surface area contributed by atoms with Gasteiger partial charge in [-0.25, -0.2) is 0 Å². The number of carbonyl (C=O) groups excluding carboxylic acids is 1. The van der Waals surface area contributed by atoms with E-state index in [9.17, 15) is 4.79 Å². The summed E-state index contributed by atoms with van der Waals surface area (Å²) in [5, 5.41) is 3.52. The Morgan fingerprint density at radius 2 is 2.00 bits per heavy atom. The standard InChI is InChI=1S/C15H29NO2/c1-5-7-13-8-10-15(11-9-13,14(17)18-4)16-12(3)6-2/h12-13,16H,5-11H2,1-4H3. The molecule has 0 aliphatic heterocycles. The number of hydrogen-bond acceptors (Lipinski definition) is 3. The van der Waals surface area contributed by atoms with Crippen molar-refractivity contribution < 1.29 is 9.53 Å². The summed E-state index contributed by atoms with van der Waals surface area (Å²) in [5.41, 5.74) is -0.422. The molecule has 0 spiro atoms. The molecule has 1 aliphatic carbocycles. The summed E-state index contributed by atoms with van der Waals surface area (Å²) in [6.45, 7) is 6.52. The average Bonchev–Trinajstić information content (AvgIpc) is 2.40. The summed E-state index contributed by atoms with van der Waals surface area (Å²) in [6.07, 6.45) is 7.72. The fourth-order valence-corrected chi connectivity index (χ4v) is 3.04. The average molecular weight is 255 g/mol. The maximum Gasteiger partial charge on any atom is 0.326 e. The van der Waals surface area contributed by atoms with E-state index in [2.05, 4.69) is 26.1 Å². The first-order valence-corrected chi connectivity index (χ1v) is 7.44. The Kier molecular flexibility index (Phi) is 6.13. The van der Waals surface area contributed by atoms with Gasteiger partial charge in [0.15, 0.2) is 0 Å². The first-order valence-electron chi connectivity index (χ1n) is 7.44. The van der Waals surface area contributed by atoms with E-state index >= 15 is 0 Å². The maximum absolute atomic E-state index is 12.1. The van der Waals surface area contributed by atoms with E-state index in [0.717, 1.165) is 38.0 Å². The number of methoxy groups -OCH3 is 1. The highest BCUT2D eigenvalue weighted by Crippen LogP contribution is 2.35. The molecule has 1 aliphatic rings. The summed E-state index contributed by atoms with van der Waals surface area (Å²) in [4.78, 5) is 12.1. The molecule has 18 heavy (non-hydrogen) atoms. The Hall–Kier alpha value is -0.570. The quantitative estimate of drug-likeness (QED) is 0.740. The Balaban J connectivity index is 2.67. The van der Waals surface area contributed by atoms with Crippen molar-refractivity contribution >= 4 is 5.97 Å². The van der Waals surface area contributed by atoms with Crippen LogP contribution in [0.3, 0.4) is 0 Å². The van der Waals surface area contributed by atoms with Crippen LogP contribution in [0.25, 0.3) is 0 Å². The summed E-state index contributed by atoms with van der Waals surface area (Å²) < 4.78 is 5.03. The van der Waals surface area contributed by atoms with Crippen molar-refractivity contribution in [1.82, 2.24) is 5.32 Å². The van der Waals surface area contributed by atoms with Gasteiger partial charge in [-0.15, -0.1) is 0 Å². The van der Waals surface area contributed by atoms with Crippen LogP contribution in [-0.2, 0) is 9.53 Å². The molecular formula is C15H29NO2. The van der Waals surface area contributed by atoms with Crippen molar-refractivity contribution in [3.05, 3.63) is 0 Å². The van der Waals surface area contributed by atoms with E-state index in [0.29, 0.717) is 6.04 Å². The first kappa shape index (κ1) is 15.5. The zero-order valence-electron chi connectivity index (χ0n) is 12.4. The molecule has 0 aromatic carbocycles. The molecule has 1 rings (SSSR count). The monoisotopic (exact) mass is 255 g/mol. The third-order valence-corrected chi connectivity index (χ3v) is 4.37. The molecule has 0 radical (unpaired) electrons. The second kappa shape index (κ2) is 7.13. The lowest BCUT2D eigenvalue weighted by Gasteiger charge is -2.40. The van der Waals surface area contributed by atoms with Crippen molar-refractivity contribution in [3.63, 3.8) is 0 Å². The Labute approximate surface area is 112 Å². The fraction of sp³-hybridized carbons (Fsp3) is 0.933. The van der Waals surface area contributed by atoms with Gasteiger partial charge in [-0.2, -0.15) is 0 Å². The van der Waals surface area contributed by atoms with Crippen LogP contribution < -0.4 is 5.32 Å². The summed E-state index contributed by atoms with van der Waals surface area (Å²) in [6, 6.07) is 0.367. The fourth-order valence-electron chi connectivity index (χ4n) is 3.04. The second-order valence-corrected chi connectivity index (χ2v) is 5.76. The molecule has 1 unspecified atom stereocenters. The van der Waals surface area contributed by atoms with E-state index in [-0.39, 0.29) is 5.97 Å². The Morgan fingerprint density at radius 1 is 1.39 bits per heavy atom. The molecule has 1 N–H and O–H groups in total. The van der Waals surface area contributed by atoms with Gasteiger partial charge in [-0.3, -0.25) is 10.1 Å². The molecule has 1 saturated carbocycles. The third-order valence-electron chi connectivity index (χ3n) is 4.37. The van der Waals surface area contributed by atoms with E-state index in [1.807, 2.05) is 0 Å². The molecule has 0 saturated heterocycles. The first-order chi connectivity index (χ1) is 8.57. The molecule has 0 aromatic rings. The van der Waals surface area contributed by atoms with Gasteiger partial charge >= 0.3 is 5.97 Å². The zero-order chi connectivity index (χ0) is 13.6. The number of esters is 1. The van der Waals surface area contributed by atoms with E-state index < -0.39 is 5.54 Å². The highest BCUT2D eigenvalue weighted by Gasteiger charge is 2.43. The van der Waals surface area contributed by atoms with Crippen molar-refractivity contribution in [1.29, 1.82) is 0 Å². The van der Waals surface area contributed by atoms with Crippen LogP contribution in [0.1, 0.15) is 65.7 Å².